The Labute approximate surface area is 196 Å². The van der Waals surface area contributed by atoms with Gasteiger partial charge in [-0.3, -0.25) is 4.79 Å². The van der Waals surface area contributed by atoms with Gasteiger partial charge in [0.25, 0.3) is 0 Å². The van der Waals surface area contributed by atoms with Crippen molar-refractivity contribution in [2.24, 2.45) is 0 Å². The molecule has 1 N–H and O–H groups in total. The van der Waals surface area contributed by atoms with Crippen molar-refractivity contribution in [3.63, 3.8) is 0 Å². The molecule has 0 bridgehead atoms. The highest BCUT2D eigenvalue weighted by Gasteiger charge is 2.17. The molecule has 5 rings (SSSR count). The number of hydrogen-bond acceptors (Lipinski definition) is 6. The molecule has 1 aromatic heterocycles. The Kier molecular flexibility index (Phi) is 6.13. The highest BCUT2D eigenvalue weighted by atomic mass is 32.2. The van der Waals surface area contributed by atoms with Gasteiger partial charge in [-0.15, -0.1) is 10.2 Å². The molecular formula is C26H23N3O3S. The van der Waals surface area contributed by atoms with Gasteiger partial charge in [0.1, 0.15) is 23.9 Å². The van der Waals surface area contributed by atoms with Crippen molar-refractivity contribution in [1.29, 1.82) is 0 Å². The summed E-state index contributed by atoms with van der Waals surface area (Å²) in [6.45, 7) is 3.05. The van der Waals surface area contributed by atoms with E-state index in [0.717, 1.165) is 44.1 Å². The van der Waals surface area contributed by atoms with Gasteiger partial charge in [0.15, 0.2) is 11.5 Å². The van der Waals surface area contributed by atoms with Crippen LogP contribution in [0, 0.1) is 0 Å². The Hall–Kier alpha value is -3.58. The van der Waals surface area contributed by atoms with Crippen LogP contribution in [0.5, 0.6) is 11.5 Å². The summed E-state index contributed by atoms with van der Waals surface area (Å²) in [7, 11) is 0. The van der Waals surface area contributed by atoms with Crippen molar-refractivity contribution in [3.8, 4) is 22.8 Å². The molecule has 0 aliphatic carbocycles. The second kappa shape index (κ2) is 9.50. The lowest BCUT2D eigenvalue weighted by atomic mass is 10.1. The second-order valence-corrected chi connectivity index (χ2v) is 8.71. The lowest BCUT2D eigenvalue weighted by Gasteiger charge is -2.21. The highest BCUT2D eigenvalue weighted by Crippen LogP contribution is 2.33. The summed E-state index contributed by atoms with van der Waals surface area (Å²) in [5.41, 5.74) is 2.83. The Bertz CT molecular complexity index is 1300. The minimum Gasteiger partial charge on any atom is -0.486 e. The molecule has 2 heterocycles. The molecule has 1 amide bonds. The number of carbonyl (C=O) groups excluding carboxylic acids is 1. The molecule has 0 fully saturated rings. The van der Waals surface area contributed by atoms with Gasteiger partial charge in [-0.1, -0.05) is 72.4 Å². The number of thioether (sulfide) groups is 1. The van der Waals surface area contributed by atoms with Crippen LogP contribution in [0.3, 0.4) is 0 Å². The molecule has 0 spiro atoms. The van der Waals surface area contributed by atoms with Crippen molar-refractivity contribution in [1.82, 2.24) is 15.5 Å². The molecule has 1 atom stereocenters. The Balaban J connectivity index is 1.28. The number of nitrogens with zero attached hydrogens (tertiary/aromatic N) is 2. The van der Waals surface area contributed by atoms with Crippen molar-refractivity contribution in [2.45, 2.75) is 18.0 Å². The standard InChI is InChI=1S/C26H23N3O3S/c1-17(19-11-12-22-23(15-19)32-14-13-31-22)27-24(30)16-33-26-21-10-6-5-9-20(21)25(28-29-26)18-7-3-2-4-8-18/h2-12,15,17H,13-14,16H2,1H3,(H,27,30)/t17-/m0/s1. The second-order valence-electron chi connectivity index (χ2n) is 7.75. The minimum absolute atomic E-state index is 0.0691. The minimum atomic E-state index is -0.155. The molecule has 7 heteroatoms. The summed E-state index contributed by atoms with van der Waals surface area (Å²) in [5.74, 6) is 1.64. The van der Waals surface area contributed by atoms with Gasteiger partial charge >= 0.3 is 0 Å². The first-order valence-electron chi connectivity index (χ1n) is 10.8. The SMILES string of the molecule is C[C@H](NC(=O)CSc1nnc(-c2ccccc2)c2ccccc12)c1ccc2c(c1)OCCO2. The van der Waals surface area contributed by atoms with Gasteiger partial charge < -0.3 is 14.8 Å². The zero-order valence-corrected chi connectivity index (χ0v) is 19.0. The summed E-state index contributed by atoms with van der Waals surface area (Å²) in [4.78, 5) is 12.7. The Morgan fingerprint density at radius 1 is 0.939 bits per heavy atom. The van der Waals surface area contributed by atoms with Gasteiger partial charge in [0, 0.05) is 16.3 Å². The third-order valence-corrected chi connectivity index (χ3v) is 6.47. The first-order chi connectivity index (χ1) is 16.2. The van der Waals surface area contributed by atoms with E-state index in [1.165, 1.54) is 11.8 Å². The first kappa shape index (κ1) is 21.3. The summed E-state index contributed by atoms with van der Waals surface area (Å²) < 4.78 is 11.2. The van der Waals surface area contributed by atoms with Crippen LogP contribution in [0.15, 0.2) is 77.8 Å². The summed E-state index contributed by atoms with van der Waals surface area (Å²) in [5, 5.41) is 14.7. The smallest absolute Gasteiger partial charge is 0.230 e. The van der Waals surface area contributed by atoms with Crippen LogP contribution in [0.1, 0.15) is 18.5 Å². The maximum atomic E-state index is 12.7. The molecular weight excluding hydrogens is 434 g/mol. The van der Waals surface area contributed by atoms with Crippen molar-refractivity contribution in [3.05, 3.63) is 78.4 Å². The van der Waals surface area contributed by atoms with Crippen LogP contribution in [-0.4, -0.2) is 35.1 Å². The monoisotopic (exact) mass is 457 g/mol. The van der Waals surface area contributed by atoms with E-state index < -0.39 is 0 Å². The van der Waals surface area contributed by atoms with Crippen molar-refractivity contribution < 1.29 is 14.3 Å². The lowest BCUT2D eigenvalue weighted by molar-refractivity contribution is -0.119. The van der Waals surface area contributed by atoms with Gasteiger partial charge in [0.2, 0.25) is 5.91 Å². The lowest BCUT2D eigenvalue weighted by Crippen LogP contribution is -2.28. The molecule has 4 aromatic rings. The Morgan fingerprint density at radius 2 is 1.67 bits per heavy atom. The number of rotatable bonds is 6. The topological polar surface area (TPSA) is 73.3 Å². The zero-order valence-electron chi connectivity index (χ0n) is 18.2. The first-order valence-corrected chi connectivity index (χ1v) is 11.8. The molecule has 0 saturated heterocycles. The number of benzene rings is 3. The number of fused-ring (bicyclic) bond motifs is 2. The van der Waals surface area contributed by atoms with E-state index in [-0.39, 0.29) is 17.7 Å². The maximum absolute atomic E-state index is 12.7. The summed E-state index contributed by atoms with van der Waals surface area (Å²) in [6.07, 6.45) is 0. The number of aromatic nitrogens is 2. The van der Waals surface area contributed by atoms with E-state index >= 15 is 0 Å². The molecule has 0 unspecified atom stereocenters. The van der Waals surface area contributed by atoms with Crippen LogP contribution in [0.2, 0.25) is 0 Å². The van der Waals surface area contributed by atoms with Gasteiger partial charge in [-0.05, 0) is 24.6 Å². The molecule has 6 nitrogen and oxygen atoms in total. The molecule has 33 heavy (non-hydrogen) atoms. The average molecular weight is 458 g/mol. The fraction of sp³-hybridized carbons (Fsp3) is 0.192. The summed E-state index contributed by atoms with van der Waals surface area (Å²) >= 11 is 1.39. The predicted molar refractivity (Wildman–Crippen MR) is 130 cm³/mol. The molecule has 3 aromatic carbocycles. The molecule has 0 radical (unpaired) electrons. The number of hydrogen-bond donors (Lipinski definition) is 1. The summed E-state index contributed by atoms with van der Waals surface area (Å²) in [6, 6.07) is 23.6. The number of amides is 1. The van der Waals surface area contributed by atoms with Gasteiger partial charge in [-0.25, -0.2) is 0 Å². The number of ether oxygens (including phenoxy) is 2. The third-order valence-electron chi connectivity index (χ3n) is 5.48. The molecule has 1 aliphatic heterocycles. The van der Waals surface area contributed by atoms with E-state index in [9.17, 15) is 4.79 Å². The number of carbonyl (C=O) groups is 1. The van der Waals surface area contributed by atoms with E-state index in [0.29, 0.717) is 13.2 Å². The van der Waals surface area contributed by atoms with Gasteiger partial charge in [0.05, 0.1) is 11.8 Å². The third kappa shape index (κ3) is 4.64. The molecule has 1 aliphatic rings. The molecule has 166 valence electrons. The predicted octanol–water partition coefficient (Wildman–Crippen LogP) is 5.04. The quantitative estimate of drug-likeness (QED) is 0.409. The van der Waals surface area contributed by atoms with Crippen LogP contribution < -0.4 is 14.8 Å². The van der Waals surface area contributed by atoms with Crippen molar-refractivity contribution in [2.75, 3.05) is 19.0 Å². The fourth-order valence-corrected chi connectivity index (χ4v) is 4.61. The van der Waals surface area contributed by atoms with Crippen LogP contribution in [0.4, 0.5) is 0 Å². The van der Waals surface area contributed by atoms with Crippen LogP contribution >= 0.6 is 11.8 Å². The number of nitrogens with one attached hydrogen (secondary N) is 1. The van der Waals surface area contributed by atoms with Crippen molar-refractivity contribution >= 4 is 28.4 Å². The van der Waals surface area contributed by atoms with E-state index in [4.69, 9.17) is 9.47 Å². The van der Waals surface area contributed by atoms with E-state index in [1.54, 1.807) is 0 Å². The van der Waals surface area contributed by atoms with Crippen LogP contribution in [0.25, 0.3) is 22.0 Å². The van der Waals surface area contributed by atoms with E-state index in [2.05, 4.69) is 15.5 Å². The Morgan fingerprint density at radius 3 is 2.48 bits per heavy atom. The fourth-order valence-electron chi connectivity index (χ4n) is 3.82. The molecule has 0 saturated carbocycles. The van der Waals surface area contributed by atoms with E-state index in [1.807, 2.05) is 79.7 Å². The zero-order chi connectivity index (χ0) is 22.6. The van der Waals surface area contributed by atoms with Gasteiger partial charge in [-0.2, -0.15) is 0 Å². The largest absolute Gasteiger partial charge is 0.486 e. The maximum Gasteiger partial charge on any atom is 0.230 e. The van der Waals surface area contributed by atoms with Crippen LogP contribution in [-0.2, 0) is 4.79 Å². The highest BCUT2D eigenvalue weighted by molar-refractivity contribution is 8.00. The normalized spacial score (nSPS) is 13.5. The average Bonchev–Trinajstić information content (AvgIpc) is 2.87.